The lowest BCUT2D eigenvalue weighted by atomic mass is 9.96. The van der Waals surface area contributed by atoms with Gasteiger partial charge >= 0.3 is 0 Å². The molecule has 1 N–H and O–H groups in total. The molecule has 1 aromatic carbocycles. The number of nitrogens with zero attached hydrogens (tertiary/aromatic N) is 1. The predicted molar refractivity (Wildman–Crippen MR) is 90.8 cm³/mol. The molecule has 1 heterocycles. The van der Waals surface area contributed by atoms with Crippen LogP contribution < -0.4 is 14.8 Å². The normalized spacial score (nSPS) is 16.1. The van der Waals surface area contributed by atoms with E-state index in [0.29, 0.717) is 19.8 Å². The molecule has 1 aromatic rings. The number of piperidine rings is 1. The van der Waals surface area contributed by atoms with Crippen LogP contribution in [0.5, 0.6) is 11.5 Å². The van der Waals surface area contributed by atoms with E-state index in [4.69, 9.17) is 9.47 Å². The monoisotopic (exact) mass is 320 g/mol. The minimum atomic E-state index is 0.139. The van der Waals surface area contributed by atoms with Crippen LogP contribution in [0.2, 0.25) is 0 Å². The van der Waals surface area contributed by atoms with Crippen LogP contribution in [0.4, 0.5) is 0 Å². The second kappa shape index (κ2) is 8.77. The fourth-order valence-electron chi connectivity index (χ4n) is 2.81. The van der Waals surface area contributed by atoms with Gasteiger partial charge in [0.25, 0.3) is 0 Å². The van der Waals surface area contributed by atoms with Gasteiger partial charge in [-0.1, -0.05) is 6.07 Å². The van der Waals surface area contributed by atoms with Crippen LogP contribution in [-0.2, 0) is 11.3 Å². The third-order valence-electron chi connectivity index (χ3n) is 4.16. The van der Waals surface area contributed by atoms with Crippen molar-refractivity contribution in [3.8, 4) is 11.5 Å². The van der Waals surface area contributed by atoms with Crippen molar-refractivity contribution >= 4 is 5.91 Å². The lowest BCUT2D eigenvalue weighted by Gasteiger charge is -2.28. The van der Waals surface area contributed by atoms with Crippen LogP contribution in [0.1, 0.15) is 32.3 Å². The quantitative estimate of drug-likeness (QED) is 0.838. The van der Waals surface area contributed by atoms with Gasteiger partial charge in [0, 0.05) is 12.5 Å². The summed E-state index contributed by atoms with van der Waals surface area (Å²) in [6, 6.07) is 5.83. The molecule has 5 nitrogen and oxygen atoms in total. The predicted octanol–water partition coefficient (Wildman–Crippen LogP) is 2.44. The summed E-state index contributed by atoms with van der Waals surface area (Å²) in [5.74, 6) is 1.78. The van der Waals surface area contributed by atoms with Crippen molar-refractivity contribution < 1.29 is 14.3 Å². The Morgan fingerprint density at radius 1 is 1.17 bits per heavy atom. The van der Waals surface area contributed by atoms with Gasteiger partial charge in [-0.3, -0.25) is 4.79 Å². The van der Waals surface area contributed by atoms with Crippen molar-refractivity contribution in [3.63, 3.8) is 0 Å². The highest BCUT2D eigenvalue weighted by Crippen LogP contribution is 2.28. The molecule has 0 bridgehead atoms. The molecule has 0 aliphatic carbocycles. The van der Waals surface area contributed by atoms with Crippen LogP contribution in [0.3, 0.4) is 0 Å². The number of nitrogens with one attached hydrogen (secondary N) is 1. The number of hydrogen-bond acceptors (Lipinski definition) is 4. The smallest absolute Gasteiger partial charge is 0.223 e. The summed E-state index contributed by atoms with van der Waals surface area (Å²) in [5.41, 5.74) is 1.03. The minimum Gasteiger partial charge on any atom is -0.490 e. The summed E-state index contributed by atoms with van der Waals surface area (Å²) in [5, 5.41) is 3.05. The van der Waals surface area contributed by atoms with Crippen LogP contribution in [0, 0.1) is 5.92 Å². The van der Waals surface area contributed by atoms with Crippen LogP contribution in [-0.4, -0.2) is 44.2 Å². The Morgan fingerprint density at radius 2 is 1.83 bits per heavy atom. The van der Waals surface area contributed by atoms with E-state index in [0.717, 1.165) is 43.0 Å². The molecule has 1 aliphatic rings. The van der Waals surface area contributed by atoms with E-state index < -0.39 is 0 Å². The zero-order chi connectivity index (χ0) is 16.7. The maximum absolute atomic E-state index is 12.3. The largest absolute Gasteiger partial charge is 0.490 e. The van der Waals surface area contributed by atoms with Crippen molar-refractivity contribution in [3.05, 3.63) is 23.8 Å². The van der Waals surface area contributed by atoms with Gasteiger partial charge in [0.1, 0.15) is 0 Å². The Hall–Kier alpha value is -1.75. The van der Waals surface area contributed by atoms with Gasteiger partial charge in [0.05, 0.1) is 13.2 Å². The molecular formula is C18H28N2O3. The Balaban J connectivity index is 1.92. The van der Waals surface area contributed by atoms with Gasteiger partial charge in [0.2, 0.25) is 5.91 Å². The number of amides is 1. The van der Waals surface area contributed by atoms with E-state index in [1.54, 1.807) is 0 Å². The fourth-order valence-corrected chi connectivity index (χ4v) is 2.81. The Labute approximate surface area is 139 Å². The first-order valence-electron chi connectivity index (χ1n) is 8.48. The summed E-state index contributed by atoms with van der Waals surface area (Å²) in [7, 11) is 2.10. The van der Waals surface area contributed by atoms with Crippen molar-refractivity contribution in [1.29, 1.82) is 0 Å². The number of benzene rings is 1. The number of rotatable bonds is 7. The van der Waals surface area contributed by atoms with E-state index in [-0.39, 0.29) is 11.8 Å². The first kappa shape index (κ1) is 17.6. The zero-order valence-electron chi connectivity index (χ0n) is 14.4. The summed E-state index contributed by atoms with van der Waals surface area (Å²) < 4.78 is 11.2. The average molecular weight is 320 g/mol. The van der Waals surface area contributed by atoms with Gasteiger partial charge in [0.15, 0.2) is 11.5 Å². The first-order valence-corrected chi connectivity index (χ1v) is 8.48. The summed E-state index contributed by atoms with van der Waals surface area (Å²) >= 11 is 0. The molecule has 0 unspecified atom stereocenters. The number of hydrogen-bond donors (Lipinski definition) is 1. The molecule has 0 atom stereocenters. The highest BCUT2D eigenvalue weighted by atomic mass is 16.5. The molecule has 1 amide bonds. The molecule has 1 fully saturated rings. The zero-order valence-corrected chi connectivity index (χ0v) is 14.4. The highest BCUT2D eigenvalue weighted by Gasteiger charge is 2.23. The number of carbonyl (C=O) groups excluding carboxylic acids is 1. The van der Waals surface area contributed by atoms with Crippen molar-refractivity contribution in [2.24, 2.45) is 5.92 Å². The summed E-state index contributed by atoms with van der Waals surface area (Å²) in [6.45, 7) is 7.61. The molecule has 0 radical (unpaired) electrons. The van der Waals surface area contributed by atoms with Crippen LogP contribution in [0.25, 0.3) is 0 Å². The molecule has 1 saturated heterocycles. The lowest BCUT2D eigenvalue weighted by molar-refractivity contribution is -0.126. The lowest BCUT2D eigenvalue weighted by Crippen LogP contribution is -2.38. The molecule has 23 heavy (non-hydrogen) atoms. The molecule has 1 aliphatic heterocycles. The van der Waals surface area contributed by atoms with Gasteiger partial charge in [-0.15, -0.1) is 0 Å². The van der Waals surface area contributed by atoms with Crippen molar-refractivity contribution in [1.82, 2.24) is 10.2 Å². The molecule has 0 saturated carbocycles. The SMILES string of the molecule is CCOc1ccc(CNC(=O)C2CCN(C)CC2)cc1OCC. The van der Waals surface area contributed by atoms with E-state index in [1.807, 2.05) is 32.0 Å². The van der Waals surface area contributed by atoms with E-state index in [1.165, 1.54) is 0 Å². The number of ether oxygens (including phenoxy) is 2. The third kappa shape index (κ3) is 5.13. The Bertz CT molecular complexity index is 511. The second-order valence-corrected chi connectivity index (χ2v) is 5.94. The van der Waals surface area contributed by atoms with Gasteiger partial charge < -0.3 is 19.7 Å². The average Bonchev–Trinajstić information content (AvgIpc) is 2.56. The van der Waals surface area contributed by atoms with Gasteiger partial charge in [-0.25, -0.2) is 0 Å². The molecule has 0 aromatic heterocycles. The molecule has 2 rings (SSSR count). The standard InChI is InChI=1S/C18H28N2O3/c1-4-22-16-7-6-14(12-17(16)23-5-2)13-19-18(21)15-8-10-20(3)11-9-15/h6-7,12,15H,4-5,8-11,13H2,1-3H3,(H,19,21). The highest BCUT2D eigenvalue weighted by molar-refractivity contribution is 5.78. The minimum absolute atomic E-state index is 0.139. The third-order valence-corrected chi connectivity index (χ3v) is 4.16. The van der Waals surface area contributed by atoms with Gasteiger partial charge in [-0.2, -0.15) is 0 Å². The Kier molecular flexibility index (Phi) is 6.71. The Morgan fingerprint density at radius 3 is 2.48 bits per heavy atom. The van der Waals surface area contributed by atoms with Crippen molar-refractivity contribution in [2.45, 2.75) is 33.2 Å². The number of likely N-dealkylation sites (tertiary alicyclic amines) is 1. The fraction of sp³-hybridized carbons (Fsp3) is 0.611. The van der Waals surface area contributed by atoms with Crippen molar-refractivity contribution in [2.75, 3.05) is 33.4 Å². The number of carbonyl (C=O) groups is 1. The summed E-state index contributed by atoms with van der Waals surface area (Å²) in [4.78, 5) is 14.5. The van der Waals surface area contributed by atoms with E-state index in [2.05, 4.69) is 17.3 Å². The van der Waals surface area contributed by atoms with E-state index >= 15 is 0 Å². The first-order chi connectivity index (χ1) is 11.1. The van der Waals surface area contributed by atoms with Crippen LogP contribution in [0.15, 0.2) is 18.2 Å². The summed E-state index contributed by atoms with van der Waals surface area (Å²) in [6.07, 6.45) is 1.88. The second-order valence-electron chi connectivity index (χ2n) is 5.94. The van der Waals surface area contributed by atoms with Crippen LogP contribution >= 0.6 is 0 Å². The maximum atomic E-state index is 12.3. The maximum Gasteiger partial charge on any atom is 0.223 e. The van der Waals surface area contributed by atoms with Gasteiger partial charge in [-0.05, 0) is 64.5 Å². The molecular weight excluding hydrogens is 292 g/mol. The van der Waals surface area contributed by atoms with E-state index in [9.17, 15) is 4.79 Å². The molecule has 128 valence electrons. The molecule has 5 heteroatoms. The topological polar surface area (TPSA) is 50.8 Å². The molecule has 0 spiro atoms.